The number of hydrogen-bond acceptors (Lipinski definition) is 14. The van der Waals surface area contributed by atoms with Crippen LogP contribution in [0.25, 0.3) is 0 Å². The van der Waals surface area contributed by atoms with E-state index in [1.807, 2.05) is 13.8 Å². The molecule has 0 aromatic heterocycles. The summed E-state index contributed by atoms with van der Waals surface area (Å²) in [5.74, 6) is -0.877. The van der Waals surface area contributed by atoms with Gasteiger partial charge in [0.05, 0.1) is 49.8 Å². The van der Waals surface area contributed by atoms with Gasteiger partial charge in [-0.05, 0) is 73.0 Å². The van der Waals surface area contributed by atoms with E-state index in [-0.39, 0.29) is 48.7 Å². The summed E-state index contributed by atoms with van der Waals surface area (Å²) in [6.07, 6.45) is -3.13. The first-order valence-electron chi connectivity index (χ1n) is 19.7. The average molecular weight is 759 g/mol. The number of allylic oxidation sites excluding steroid dienone is 2. The lowest BCUT2D eigenvalue weighted by molar-refractivity contribution is -0.310. The molecule has 6 aliphatic rings. The lowest BCUT2D eigenvalue weighted by Crippen LogP contribution is -2.70. The fourth-order valence-electron chi connectivity index (χ4n) is 12.1. The molecule has 0 bridgehead atoms. The van der Waals surface area contributed by atoms with Crippen LogP contribution in [0.5, 0.6) is 0 Å². The van der Waals surface area contributed by atoms with Crippen molar-refractivity contribution < 1.29 is 69.3 Å². The smallest absolute Gasteiger partial charge is 0.187 e. The van der Waals surface area contributed by atoms with Crippen molar-refractivity contribution in [1.82, 2.24) is 0 Å². The minimum absolute atomic E-state index is 0.0467. The van der Waals surface area contributed by atoms with Crippen LogP contribution in [0.1, 0.15) is 72.6 Å². The third kappa shape index (κ3) is 7.30. The highest BCUT2D eigenvalue weighted by atomic mass is 16.8. The Kier molecular flexibility index (Phi) is 12.8. The molecule has 0 aromatic rings. The molecule has 2 heterocycles. The molecule has 2 aliphatic heterocycles. The first-order chi connectivity index (χ1) is 25.0. The molecule has 0 radical (unpaired) electrons. The summed E-state index contributed by atoms with van der Waals surface area (Å²) in [6, 6.07) is 0. The largest absolute Gasteiger partial charge is 0.394 e. The lowest BCUT2D eigenvalue weighted by atomic mass is 9.41. The summed E-state index contributed by atoms with van der Waals surface area (Å²) in [5.41, 5.74) is -2.19. The predicted molar refractivity (Wildman–Crippen MR) is 189 cm³/mol. The van der Waals surface area contributed by atoms with E-state index < -0.39 is 103 Å². The molecule has 53 heavy (non-hydrogen) atoms. The van der Waals surface area contributed by atoms with Crippen molar-refractivity contribution in [3.8, 4) is 0 Å². The van der Waals surface area contributed by atoms with Crippen molar-refractivity contribution in [2.45, 2.75) is 152 Å². The summed E-state index contributed by atoms with van der Waals surface area (Å²) in [5, 5.41) is 88.3. The molecule has 306 valence electrons. The van der Waals surface area contributed by atoms with Gasteiger partial charge in [-0.25, -0.2) is 0 Å². The molecule has 14 heteroatoms. The Hall–Kier alpha value is -0.820. The first kappa shape index (κ1) is 41.8. The summed E-state index contributed by atoms with van der Waals surface area (Å²) in [7, 11) is 2.88. The fraction of sp³-hybridized carbons (Fsp3) is 0.949. The number of hydrogen-bond donors (Lipinski definition) is 8. The number of fused-ring (bicyclic) bond motifs is 5. The van der Waals surface area contributed by atoms with Crippen LogP contribution in [0.3, 0.4) is 0 Å². The quantitative estimate of drug-likeness (QED) is 0.127. The zero-order valence-electron chi connectivity index (χ0n) is 32.1. The molecule has 2 saturated heterocycles. The van der Waals surface area contributed by atoms with Gasteiger partial charge in [0.15, 0.2) is 12.6 Å². The Morgan fingerprint density at radius 3 is 2.25 bits per heavy atom. The summed E-state index contributed by atoms with van der Waals surface area (Å²) >= 11 is 0. The van der Waals surface area contributed by atoms with Crippen molar-refractivity contribution in [3.63, 3.8) is 0 Å². The van der Waals surface area contributed by atoms with Crippen LogP contribution in [0, 0.1) is 46.3 Å². The molecule has 0 spiro atoms. The van der Waals surface area contributed by atoms with Crippen LogP contribution in [-0.2, 0) is 28.4 Å². The number of aliphatic hydroxyl groups excluding tert-OH is 7. The van der Waals surface area contributed by atoms with Crippen molar-refractivity contribution in [2.24, 2.45) is 46.3 Å². The minimum atomic E-state index is -1.28. The summed E-state index contributed by atoms with van der Waals surface area (Å²) in [6.45, 7) is 8.31. The van der Waals surface area contributed by atoms with Gasteiger partial charge in [-0.1, -0.05) is 39.8 Å². The highest BCUT2D eigenvalue weighted by Crippen LogP contribution is 2.69. The van der Waals surface area contributed by atoms with Crippen molar-refractivity contribution in [2.75, 3.05) is 34.0 Å². The number of methoxy groups -OCH3 is 2. The normalized spacial score (nSPS) is 52.6. The van der Waals surface area contributed by atoms with E-state index in [4.69, 9.17) is 28.4 Å². The van der Waals surface area contributed by atoms with Gasteiger partial charge in [0, 0.05) is 32.5 Å². The predicted octanol–water partition coefficient (Wildman–Crippen LogP) is 0.479. The molecule has 4 aliphatic carbocycles. The second-order valence-electron chi connectivity index (χ2n) is 17.8. The molecule has 0 aromatic carbocycles. The monoisotopic (exact) mass is 758 g/mol. The molecule has 4 saturated carbocycles. The van der Waals surface area contributed by atoms with Gasteiger partial charge in [-0.3, -0.25) is 0 Å². The molecule has 14 nitrogen and oxygen atoms in total. The molecule has 0 unspecified atom stereocenters. The van der Waals surface area contributed by atoms with Crippen LogP contribution in [0.4, 0.5) is 0 Å². The SMILES string of the molecule is CO[C@H]1[C@H](O[C@H]2[C@H](OC[C@H](C)C/C=C/[C@@H](C)[C@H]3C[C@@H](O)[C@@H]4[C@]3(C)CC[C@@H]3[C@@]5(C)CC[C@H](O)[C@H](O)[C@@H]5[C@@H](O)C[C@]34O)O[C@@H](CO)[C@@H]2O)OC[C@@H](OC)[C@@H]1O. The van der Waals surface area contributed by atoms with E-state index in [9.17, 15) is 40.9 Å². The van der Waals surface area contributed by atoms with E-state index in [0.29, 0.717) is 25.7 Å². The number of rotatable bonds is 12. The highest BCUT2D eigenvalue weighted by Gasteiger charge is 2.71. The van der Waals surface area contributed by atoms with E-state index in [2.05, 4.69) is 26.0 Å². The topological polar surface area (TPSA) is 217 Å². The molecule has 6 rings (SSSR count). The Bertz CT molecular complexity index is 1260. The third-order valence-corrected chi connectivity index (χ3v) is 14.7. The van der Waals surface area contributed by atoms with Crippen molar-refractivity contribution in [3.05, 3.63) is 12.2 Å². The molecule has 21 atom stereocenters. The zero-order valence-corrected chi connectivity index (χ0v) is 32.1. The summed E-state index contributed by atoms with van der Waals surface area (Å²) in [4.78, 5) is 0. The zero-order chi connectivity index (χ0) is 38.6. The van der Waals surface area contributed by atoms with Crippen LogP contribution in [-0.4, -0.2) is 154 Å². The lowest BCUT2D eigenvalue weighted by Gasteiger charge is -2.66. The second kappa shape index (κ2) is 16.2. The van der Waals surface area contributed by atoms with Gasteiger partial charge in [0.2, 0.25) is 0 Å². The van der Waals surface area contributed by atoms with Crippen LogP contribution < -0.4 is 0 Å². The van der Waals surface area contributed by atoms with Gasteiger partial charge in [-0.2, -0.15) is 0 Å². The van der Waals surface area contributed by atoms with E-state index >= 15 is 0 Å². The molecule has 8 N–H and O–H groups in total. The molecule has 0 amide bonds. The summed E-state index contributed by atoms with van der Waals surface area (Å²) < 4.78 is 34.4. The van der Waals surface area contributed by atoms with Crippen LogP contribution >= 0.6 is 0 Å². The van der Waals surface area contributed by atoms with Gasteiger partial charge in [-0.15, -0.1) is 0 Å². The second-order valence-corrected chi connectivity index (χ2v) is 17.8. The van der Waals surface area contributed by atoms with Gasteiger partial charge in [0.25, 0.3) is 0 Å². The van der Waals surface area contributed by atoms with E-state index in [0.717, 1.165) is 12.8 Å². The highest BCUT2D eigenvalue weighted by molar-refractivity contribution is 5.21. The minimum Gasteiger partial charge on any atom is -0.394 e. The van der Waals surface area contributed by atoms with Crippen molar-refractivity contribution >= 4 is 0 Å². The Morgan fingerprint density at radius 2 is 1.57 bits per heavy atom. The molecular formula is C39H66O14. The van der Waals surface area contributed by atoms with Crippen molar-refractivity contribution in [1.29, 1.82) is 0 Å². The number of ether oxygens (including phenoxy) is 6. The first-order valence-corrected chi connectivity index (χ1v) is 19.7. The number of aliphatic hydroxyl groups is 8. The maximum absolute atomic E-state index is 12.6. The molecular weight excluding hydrogens is 692 g/mol. The average Bonchev–Trinajstić information content (AvgIpc) is 3.57. The Labute approximate surface area is 313 Å². The Morgan fingerprint density at radius 1 is 0.849 bits per heavy atom. The maximum Gasteiger partial charge on any atom is 0.187 e. The van der Waals surface area contributed by atoms with E-state index in [1.165, 1.54) is 14.2 Å². The third-order valence-electron chi connectivity index (χ3n) is 14.7. The maximum atomic E-state index is 12.6. The van der Waals surface area contributed by atoms with Crippen LogP contribution in [0.2, 0.25) is 0 Å². The van der Waals surface area contributed by atoms with Gasteiger partial charge < -0.3 is 69.3 Å². The van der Waals surface area contributed by atoms with Gasteiger partial charge in [0.1, 0.15) is 36.6 Å². The molecule has 6 fully saturated rings. The van der Waals surface area contributed by atoms with Crippen LogP contribution in [0.15, 0.2) is 12.2 Å². The standard InChI is InChI=1S/C39H66O14/c1-19(17-50-36-33(30(45)25(16-40)52-36)53-35-32(49-6)31(46)26(48-5)18-51-35)8-7-9-20(2)21-14-23(42)34-37(21,3)13-11-27-38(4)12-10-22(41)29(44)28(38)24(43)15-39(27,34)47/h7,9,19-36,40-47H,8,10-18H2,1-6H3/b9-7+/t19-,20-,21-,22+,23-,24+,25+,26-,27-,28+,29+,30+,31+,32-,33-,34-,35+,36-,37-,38-,39+/m1/s1. The van der Waals surface area contributed by atoms with E-state index in [1.54, 1.807) is 0 Å². The fourth-order valence-corrected chi connectivity index (χ4v) is 12.1. The van der Waals surface area contributed by atoms with Gasteiger partial charge >= 0.3 is 0 Å². The Balaban J connectivity index is 1.06.